The van der Waals surface area contributed by atoms with Crippen molar-refractivity contribution < 1.29 is 14.8 Å². The SMILES string of the molecule is Cc1cc(C(=O)N[C@@H](C)CO)cc([N+](=O)[O-])c1. The number of carbonyl (C=O) groups excluding carboxylic acids is 1. The van der Waals surface area contributed by atoms with E-state index in [4.69, 9.17) is 5.11 Å². The van der Waals surface area contributed by atoms with Crippen LogP contribution in [0.3, 0.4) is 0 Å². The lowest BCUT2D eigenvalue weighted by molar-refractivity contribution is -0.384. The number of non-ortho nitro benzene ring substituents is 1. The number of benzene rings is 1. The lowest BCUT2D eigenvalue weighted by atomic mass is 10.1. The molecule has 0 aromatic heterocycles. The van der Waals surface area contributed by atoms with Crippen molar-refractivity contribution in [3.63, 3.8) is 0 Å². The first-order chi connectivity index (χ1) is 7.93. The van der Waals surface area contributed by atoms with Crippen molar-refractivity contribution in [2.75, 3.05) is 6.61 Å². The molecular weight excluding hydrogens is 224 g/mol. The molecule has 1 atom stereocenters. The van der Waals surface area contributed by atoms with E-state index < -0.39 is 10.8 Å². The molecule has 2 N–H and O–H groups in total. The summed E-state index contributed by atoms with van der Waals surface area (Å²) >= 11 is 0. The normalized spacial score (nSPS) is 11.9. The van der Waals surface area contributed by atoms with E-state index in [0.717, 1.165) is 0 Å². The fourth-order valence-corrected chi connectivity index (χ4v) is 1.35. The summed E-state index contributed by atoms with van der Waals surface area (Å²) in [6.07, 6.45) is 0. The van der Waals surface area contributed by atoms with Gasteiger partial charge in [0.2, 0.25) is 0 Å². The highest BCUT2D eigenvalue weighted by molar-refractivity contribution is 5.95. The van der Waals surface area contributed by atoms with Crippen LogP contribution in [0.1, 0.15) is 22.8 Å². The summed E-state index contributed by atoms with van der Waals surface area (Å²) in [6.45, 7) is 3.14. The van der Waals surface area contributed by atoms with Gasteiger partial charge in [0.05, 0.1) is 11.5 Å². The zero-order valence-corrected chi connectivity index (χ0v) is 9.64. The van der Waals surface area contributed by atoms with Crippen LogP contribution >= 0.6 is 0 Å². The Morgan fingerprint density at radius 3 is 2.71 bits per heavy atom. The molecule has 1 rings (SSSR count). The minimum atomic E-state index is -0.542. The number of amides is 1. The van der Waals surface area contributed by atoms with Crippen LogP contribution < -0.4 is 5.32 Å². The van der Waals surface area contributed by atoms with E-state index in [2.05, 4.69) is 5.32 Å². The molecule has 17 heavy (non-hydrogen) atoms. The Bertz CT molecular complexity index is 445. The predicted octanol–water partition coefficient (Wildman–Crippen LogP) is 1.01. The molecule has 6 heteroatoms. The summed E-state index contributed by atoms with van der Waals surface area (Å²) in [6, 6.07) is 3.78. The number of aryl methyl sites for hydroxylation is 1. The standard InChI is InChI=1S/C11H14N2O4/c1-7-3-9(5-10(4-7)13(16)17)11(15)12-8(2)6-14/h3-5,8,14H,6H2,1-2H3,(H,12,15)/t8-/m0/s1. The van der Waals surface area contributed by atoms with Gasteiger partial charge in [-0.25, -0.2) is 0 Å². The van der Waals surface area contributed by atoms with Gasteiger partial charge in [0.15, 0.2) is 0 Å². The minimum absolute atomic E-state index is 0.119. The largest absolute Gasteiger partial charge is 0.394 e. The van der Waals surface area contributed by atoms with Crippen molar-refractivity contribution in [3.8, 4) is 0 Å². The molecule has 0 aliphatic rings. The molecule has 0 heterocycles. The van der Waals surface area contributed by atoms with Gasteiger partial charge in [-0.3, -0.25) is 14.9 Å². The number of nitro groups is 1. The summed E-state index contributed by atoms with van der Waals surface area (Å²) < 4.78 is 0. The van der Waals surface area contributed by atoms with Crippen LogP contribution in [-0.4, -0.2) is 28.6 Å². The Morgan fingerprint density at radius 2 is 2.18 bits per heavy atom. The second-order valence-corrected chi connectivity index (χ2v) is 3.87. The quantitative estimate of drug-likeness (QED) is 0.605. The molecule has 0 fully saturated rings. The Kier molecular flexibility index (Phi) is 4.17. The maximum Gasteiger partial charge on any atom is 0.270 e. The Morgan fingerprint density at radius 1 is 1.53 bits per heavy atom. The van der Waals surface area contributed by atoms with E-state index >= 15 is 0 Å². The molecule has 0 radical (unpaired) electrons. The average Bonchev–Trinajstić information content (AvgIpc) is 2.27. The van der Waals surface area contributed by atoms with Gasteiger partial charge in [-0.2, -0.15) is 0 Å². The summed E-state index contributed by atoms with van der Waals surface area (Å²) in [5, 5.41) is 22.0. The number of nitrogens with zero attached hydrogens (tertiary/aromatic N) is 1. The maximum atomic E-state index is 11.7. The number of nitro benzene ring substituents is 1. The van der Waals surface area contributed by atoms with Crippen LogP contribution in [0.15, 0.2) is 18.2 Å². The third kappa shape index (κ3) is 3.53. The molecule has 6 nitrogen and oxygen atoms in total. The molecular formula is C11H14N2O4. The number of aliphatic hydroxyl groups is 1. The molecule has 1 aromatic rings. The molecule has 0 aliphatic carbocycles. The Balaban J connectivity index is 2.97. The molecule has 0 bridgehead atoms. The summed E-state index contributed by atoms with van der Waals surface area (Å²) in [5.41, 5.74) is 0.741. The van der Waals surface area contributed by atoms with Crippen molar-refractivity contribution in [1.29, 1.82) is 0 Å². The van der Waals surface area contributed by atoms with Crippen LogP contribution in [0.25, 0.3) is 0 Å². The van der Waals surface area contributed by atoms with Gasteiger partial charge in [-0.1, -0.05) is 0 Å². The van der Waals surface area contributed by atoms with Crippen LogP contribution in [0.4, 0.5) is 5.69 Å². The van der Waals surface area contributed by atoms with Gasteiger partial charge in [0.25, 0.3) is 11.6 Å². The molecule has 0 spiro atoms. The third-order valence-electron chi connectivity index (χ3n) is 2.19. The maximum absolute atomic E-state index is 11.7. The van der Waals surface area contributed by atoms with Gasteiger partial charge >= 0.3 is 0 Å². The second kappa shape index (κ2) is 5.40. The molecule has 1 aromatic carbocycles. The molecule has 1 amide bonds. The number of aliphatic hydroxyl groups excluding tert-OH is 1. The number of hydrogen-bond donors (Lipinski definition) is 2. The van der Waals surface area contributed by atoms with E-state index in [-0.39, 0.29) is 23.9 Å². The van der Waals surface area contributed by atoms with E-state index in [1.807, 2.05) is 0 Å². The van der Waals surface area contributed by atoms with E-state index in [1.54, 1.807) is 19.9 Å². The predicted molar refractivity (Wildman–Crippen MR) is 61.8 cm³/mol. The number of hydrogen-bond acceptors (Lipinski definition) is 4. The van der Waals surface area contributed by atoms with Crippen molar-refractivity contribution in [1.82, 2.24) is 5.32 Å². The first-order valence-corrected chi connectivity index (χ1v) is 5.12. The summed E-state index contributed by atoms with van der Waals surface area (Å²) in [4.78, 5) is 21.8. The Labute approximate surface area is 98.4 Å². The highest BCUT2D eigenvalue weighted by Crippen LogP contribution is 2.16. The molecule has 0 saturated heterocycles. The topological polar surface area (TPSA) is 92.5 Å². The van der Waals surface area contributed by atoms with E-state index in [1.165, 1.54) is 12.1 Å². The smallest absolute Gasteiger partial charge is 0.270 e. The molecule has 0 unspecified atom stereocenters. The van der Waals surface area contributed by atoms with Gasteiger partial charge in [-0.05, 0) is 25.5 Å². The highest BCUT2D eigenvalue weighted by Gasteiger charge is 2.14. The highest BCUT2D eigenvalue weighted by atomic mass is 16.6. The number of rotatable bonds is 4. The lowest BCUT2D eigenvalue weighted by Crippen LogP contribution is -2.35. The summed E-state index contributed by atoms with van der Waals surface area (Å²) in [5.74, 6) is -0.432. The Hall–Kier alpha value is -1.95. The fraction of sp³-hybridized carbons (Fsp3) is 0.364. The van der Waals surface area contributed by atoms with Crippen molar-refractivity contribution in [3.05, 3.63) is 39.4 Å². The average molecular weight is 238 g/mol. The number of nitrogens with one attached hydrogen (secondary N) is 1. The van der Waals surface area contributed by atoms with Crippen LogP contribution in [0, 0.1) is 17.0 Å². The second-order valence-electron chi connectivity index (χ2n) is 3.87. The van der Waals surface area contributed by atoms with Gasteiger partial charge in [-0.15, -0.1) is 0 Å². The fourth-order valence-electron chi connectivity index (χ4n) is 1.35. The van der Waals surface area contributed by atoms with Crippen LogP contribution in [0.5, 0.6) is 0 Å². The minimum Gasteiger partial charge on any atom is -0.394 e. The first kappa shape index (κ1) is 13.1. The monoisotopic (exact) mass is 238 g/mol. The number of carbonyl (C=O) groups is 1. The first-order valence-electron chi connectivity index (χ1n) is 5.12. The van der Waals surface area contributed by atoms with Crippen molar-refractivity contribution >= 4 is 11.6 Å². The van der Waals surface area contributed by atoms with Gasteiger partial charge in [0.1, 0.15) is 0 Å². The summed E-state index contributed by atoms with van der Waals surface area (Å²) in [7, 11) is 0. The van der Waals surface area contributed by atoms with Gasteiger partial charge < -0.3 is 10.4 Å². The molecule has 92 valence electrons. The van der Waals surface area contributed by atoms with Gasteiger partial charge in [0, 0.05) is 23.7 Å². The molecule has 0 aliphatic heterocycles. The van der Waals surface area contributed by atoms with E-state index in [0.29, 0.717) is 5.56 Å². The van der Waals surface area contributed by atoms with Crippen LogP contribution in [0.2, 0.25) is 0 Å². The zero-order valence-electron chi connectivity index (χ0n) is 9.64. The molecule has 0 saturated carbocycles. The van der Waals surface area contributed by atoms with Crippen molar-refractivity contribution in [2.24, 2.45) is 0 Å². The zero-order chi connectivity index (χ0) is 13.0. The van der Waals surface area contributed by atoms with Crippen molar-refractivity contribution in [2.45, 2.75) is 19.9 Å². The van der Waals surface area contributed by atoms with E-state index in [9.17, 15) is 14.9 Å². The third-order valence-corrected chi connectivity index (χ3v) is 2.19. The lowest BCUT2D eigenvalue weighted by Gasteiger charge is -2.10. The van der Waals surface area contributed by atoms with Crippen LogP contribution in [-0.2, 0) is 0 Å².